The molecule has 2 amide bonds. The number of likely N-dealkylation sites (tertiary alicyclic amines) is 2. The lowest BCUT2D eigenvalue weighted by Gasteiger charge is -2.53. The molecule has 9 nitrogen and oxygen atoms in total. The zero-order chi connectivity index (χ0) is 31.6. The van der Waals surface area contributed by atoms with E-state index in [1.807, 2.05) is 6.07 Å². The zero-order valence-corrected chi connectivity index (χ0v) is 22.9. The Bertz CT molecular complexity index is 989. The minimum absolute atomic E-state index is 0.0469. The third-order valence-electron chi connectivity index (χ3n) is 6.86. The highest BCUT2D eigenvalue weighted by atomic mass is 19.4. The van der Waals surface area contributed by atoms with Crippen LogP contribution in [0.2, 0.25) is 0 Å². The molecule has 41 heavy (non-hydrogen) atoms. The molecule has 1 aromatic carbocycles. The van der Waals surface area contributed by atoms with Gasteiger partial charge in [0.1, 0.15) is 5.82 Å². The van der Waals surface area contributed by atoms with Crippen LogP contribution in [0.15, 0.2) is 24.3 Å². The Hall–Kier alpha value is -3.14. The summed E-state index contributed by atoms with van der Waals surface area (Å²) in [5.74, 6) is -5.70. The van der Waals surface area contributed by atoms with Gasteiger partial charge in [-0.25, -0.2) is 18.8 Å². The molecule has 16 heteroatoms. The van der Waals surface area contributed by atoms with Crippen molar-refractivity contribution in [3.8, 4) is 0 Å². The fourth-order valence-electron chi connectivity index (χ4n) is 4.74. The smallest absolute Gasteiger partial charge is 0.475 e. The highest BCUT2D eigenvalue weighted by Gasteiger charge is 2.46. The fraction of sp³-hybridized carbons (Fsp3) is 0.640. The molecule has 0 bridgehead atoms. The lowest BCUT2D eigenvalue weighted by molar-refractivity contribution is -0.193. The SMILES string of the molecule is CN1CCC2(CCCN(Cc3cccc(F)c3)C2CNC(=O)N(C)C)CC1.O=C(O)C(F)(F)F.O=C(O)C(F)(F)F. The molecule has 2 aliphatic rings. The van der Waals surface area contributed by atoms with E-state index in [-0.39, 0.29) is 23.3 Å². The van der Waals surface area contributed by atoms with Crippen LogP contribution in [0.1, 0.15) is 31.2 Å². The van der Waals surface area contributed by atoms with Gasteiger partial charge < -0.3 is 25.3 Å². The van der Waals surface area contributed by atoms with Gasteiger partial charge in [0.25, 0.3) is 0 Å². The number of carboxylic acid groups (broad SMARTS) is 2. The number of amides is 2. The summed E-state index contributed by atoms with van der Waals surface area (Å²) in [5, 5.41) is 17.4. The number of urea groups is 1. The minimum atomic E-state index is -5.08. The molecule has 2 aliphatic heterocycles. The fourth-order valence-corrected chi connectivity index (χ4v) is 4.74. The Morgan fingerprint density at radius 3 is 1.93 bits per heavy atom. The first-order chi connectivity index (χ1) is 18.8. The van der Waals surface area contributed by atoms with Crippen molar-refractivity contribution in [2.45, 2.75) is 50.6 Å². The number of aliphatic carboxylic acids is 2. The molecule has 1 spiro atoms. The second kappa shape index (κ2) is 15.2. The number of rotatable bonds is 4. The number of piperidine rings is 2. The van der Waals surface area contributed by atoms with Crippen molar-refractivity contribution in [3.05, 3.63) is 35.6 Å². The average Bonchev–Trinajstić information content (AvgIpc) is 2.85. The molecule has 2 fully saturated rings. The Morgan fingerprint density at radius 1 is 0.976 bits per heavy atom. The maximum Gasteiger partial charge on any atom is 0.490 e. The van der Waals surface area contributed by atoms with E-state index in [0.717, 1.165) is 51.0 Å². The Kier molecular flexibility index (Phi) is 13.3. The molecule has 0 aromatic heterocycles. The number of hydrogen-bond acceptors (Lipinski definition) is 5. The molecule has 2 heterocycles. The lowest BCUT2D eigenvalue weighted by atomic mass is 9.66. The summed E-state index contributed by atoms with van der Waals surface area (Å²) in [6.45, 7) is 4.59. The summed E-state index contributed by atoms with van der Waals surface area (Å²) in [6.07, 6.45) is -5.47. The van der Waals surface area contributed by atoms with Gasteiger partial charge in [-0.1, -0.05) is 12.1 Å². The van der Waals surface area contributed by atoms with Gasteiger partial charge >= 0.3 is 30.3 Å². The number of carbonyl (C=O) groups excluding carboxylic acids is 1. The van der Waals surface area contributed by atoms with Gasteiger partial charge in [0, 0.05) is 33.2 Å². The quantitative estimate of drug-likeness (QED) is 0.445. The molecule has 234 valence electrons. The van der Waals surface area contributed by atoms with Crippen LogP contribution >= 0.6 is 0 Å². The monoisotopic (exact) mass is 604 g/mol. The van der Waals surface area contributed by atoms with Gasteiger partial charge in [0.2, 0.25) is 0 Å². The van der Waals surface area contributed by atoms with E-state index in [0.29, 0.717) is 6.54 Å². The van der Waals surface area contributed by atoms with E-state index in [2.05, 4.69) is 22.2 Å². The van der Waals surface area contributed by atoms with E-state index in [1.165, 1.54) is 12.5 Å². The van der Waals surface area contributed by atoms with Gasteiger partial charge in [0.15, 0.2) is 0 Å². The molecule has 3 N–H and O–H groups in total. The molecule has 0 aliphatic carbocycles. The van der Waals surface area contributed by atoms with Crippen molar-refractivity contribution < 1.29 is 55.3 Å². The first-order valence-electron chi connectivity index (χ1n) is 12.5. The van der Waals surface area contributed by atoms with E-state index in [1.54, 1.807) is 31.1 Å². The van der Waals surface area contributed by atoms with Crippen LogP contribution in [0.5, 0.6) is 0 Å². The van der Waals surface area contributed by atoms with Crippen LogP contribution in [-0.4, -0.2) is 109 Å². The van der Waals surface area contributed by atoms with E-state index in [9.17, 15) is 35.5 Å². The number of carbonyl (C=O) groups is 3. The largest absolute Gasteiger partial charge is 0.490 e. The van der Waals surface area contributed by atoms with Gasteiger partial charge in [0.05, 0.1) is 0 Å². The van der Waals surface area contributed by atoms with Crippen molar-refractivity contribution >= 4 is 18.0 Å². The summed E-state index contributed by atoms with van der Waals surface area (Å²) in [5.41, 5.74) is 1.24. The van der Waals surface area contributed by atoms with Gasteiger partial charge in [-0.3, -0.25) is 4.90 Å². The maximum absolute atomic E-state index is 13.7. The summed E-state index contributed by atoms with van der Waals surface area (Å²) in [7, 11) is 5.72. The molecule has 2 saturated heterocycles. The van der Waals surface area contributed by atoms with Gasteiger partial charge in [-0.15, -0.1) is 0 Å². The van der Waals surface area contributed by atoms with E-state index < -0.39 is 24.3 Å². The second-order valence-electron chi connectivity index (χ2n) is 10.1. The molecule has 0 saturated carbocycles. The lowest BCUT2D eigenvalue weighted by Crippen LogP contribution is -2.60. The Balaban J connectivity index is 0.000000497. The number of nitrogens with zero attached hydrogens (tertiary/aromatic N) is 3. The van der Waals surface area contributed by atoms with Crippen molar-refractivity contribution in [3.63, 3.8) is 0 Å². The highest BCUT2D eigenvalue weighted by molar-refractivity contribution is 5.73. The minimum Gasteiger partial charge on any atom is -0.475 e. The van der Waals surface area contributed by atoms with Crippen LogP contribution in [0, 0.1) is 11.2 Å². The number of carboxylic acids is 2. The highest BCUT2D eigenvalue weighted by Crippen LogP contribution is 2.44. The van der Waals surface area contributed by atoms with E-state index in [4.69, 9.17) is 19.8 Å². The number of halogens is 7. The Labute approximate surface area is 232 Å². The van der Waals surface area contributed by atoms with Crippen molar-refractivity contribution in [2.75, 3.05) is 47.3 Å². The number of alkyl halides is 6. The standard InChI is InChI=1S/C21H33FN4O.2C2HF3O2/c1-24(2)20(27)23-15-19-21(9-12-25(3)13-10-21)8-5-11-26(19)16-17-6-4-7-18(22)14-17;2*3-2(4,5)1(6)7/h4,6-7,14,19H,5,8-13,15-16H2,1-3H3,(H,23,27);2*(H,6,7). The summed E-state index contributed by atoms with van der Waals surface area (Å²) >= 11 is 0. The zero-order valence-electron chi connectivity index (χ0n) is 22.9. The predicted octanol–water partition coefficient (Wildman–Crippen LogP) is 4.04. The van der Waals surface area contributed by atoms with Crippen LogP contribution in [-0.2, 0) is 16.1 Å². The second-order valence-corrected chi connectivity index (χ2v) is 10.1. The topological polar surface area (TPSA) is 113 Å². The Morgan fingerprint density at radius 2 is 1.49 bits per heavy atom. The molecule has 1 aromatic rings. The predicted molar refractivity (Wildman–Crippen MR) is 133 cm³/mol. The van der Waals surface area contributed by atoms with Crippen LogP contribution < -0.4 is 5.32 Å². The van der Waals surface area contributed by atoms with Crippen LogP contribution in [0.3, 0.4) is 0 Å². The van der Waals surface area contributed by atoms with Crippen LogP contribution in [0.25, 0.3) is 0 Å². The third kappa shape index (κ3) is 12.1. The molecule has 3 rings (SSSR count). The van der Waals surface area contributed by atoms with Gasteiger partial charge in [-0.05, 0) is 75.5 Å². The first kappa shape index (κ1) is 35.9. The van der Waals surface area contributed by atoms with Crippen molar-refractivity contribution in [2.24, 2.45) is 5.41 Å². The molecular weight excluding hydrogens is 569 g/mol. The van der Waals surface area contributed by atoms with Crippen molar-refractivity contribution in [1.29, 1.82) is 0 Å². The number of nitrogens with one attached hydrogen (secondary N) is 1. The third-order valence-corrected chi connectivity index (χ3v) is 6.86. The average molecular weight is 605 g/mol. The summed E-state index contributed by atoms with van der Waals surface area (Å²) in [4.78, 5) is 36.4. The van der Waals surface area contributed by atoms with E-state index >= 15 is 0 Å². The maximum atomic E-state index is 13.7. The van der Waals surface area contributed by atoms with Gasteiger partial charge in [-0.2, -0.15) is 26.3 Å². The summed E-state index contributed by atoms with van der Waals surface area (Å²) in [6, 6.07) is 7.14. The molecule has 1 unspecified atom stereocenters. The number of hydrogen-bond donors (Lipinski definition) is 3. The molecular formula is C25H35F7N4O5. The van der Waals surface area contributed by atoms with Crippen LogP contribution in [0.4, 0.5) is 35.5 Å². The summed E-state index contributed by atoms with van der Waals surface area (Å²) < 4.78 is 77.1. The first-order valence-corrected chi connectivity index (χ1v) is 12.5. The normalized spacial score (nSPS) is 19.2. The molecule has 1 atom stereocenters. The number of benzene rings is 1. The van der Waals surface area contributed by atoms with Crippen molar-refractivity contribution in [1.82, 2.24) is 20.0 Å². The molecule has 0 radical (unpaired) electrons.